The zero-order chi connectivity index (χ0) is 22.6. The van der Waals surface area contributed by atoms with E-state index in [1.807, 2.05) is 26.0 Å². The summed E-state index contributed by atoms with van der Waals surface area (Å²) in [4.78, 5) is 12.1. The number of hydrogen-bond acceptors (Lipinski definition) is 6. The molecule has 31 heavy (non-hydrogen) atoms. The van der Waals surface area contributed by atoms with Crippen LogP contribution in [0.25, 0.3) is 12.2 Å². The van der Waals surface area contributed by atoms with Gasteiger partial charge in [0.05, 0.1) is 27.4 Å². The minimum atomic E-state index is -0.348. The van der Waals surface area contributed by atoms with Crippen LogP contribution in [0.4, 0.5) is 0 Å². The second-order valence-corrected chi connectivity index (χ2v) is 6.32. The SMILES string of the molecule is CCOc1ccc(/C=C/C(=O)/C=C(O)/C=C/c2ccc(OCC)c(OC)c2)cc1OC. The highest BCUT2D eigenvalue weighted by Crippen LogP contribution is 2.29. The maximum Gasteiger partial charge on any atom is 0.182 e. The maximum absolute atomic E-state index is 12.1. The van der Waals surface area contributed by atoms with E-state index in [0.717, 1.165) is 17.2 Å². The van der Waals surface area contributed by atoms with Crippen LogP contribution in [0, 0.1) is 0 Å². The number of rotatable bonds is 11. The largest absolute Gasteiger partial charge is 0.508 e. The van der Waals surface area contributed by atoms with Gasteiger partial charge in [0, 0.05) is 6.08 Å². The second kappa shape index (κ2) is 12.1. The third-order valence-electron chi connectivity index (χ3n) is 4.15. The van der Waals surface area contributed by atoms with E-state index in [4.69, 9.17) is 18.9 Å². The molecule has 0 aromatic heterocycles. The fraction of sp³-hybridized carbons (Fsp3) is 0.240. The van der Waals surface area contributed by atoms with Crippen molar-refractivity contribution in [3.05, 3.63) is 71.5 Å². The first-order valence-corrected chi connectivity index (χ1v) is 9.93. The van der Waals surface area contributed by atoms with Gasteiger partial charge in [-0.15, -0.1) is 0 Å². The van der Waals surface area contributed by atoms with Crippen LogP contribution in [0.1, 0.15) is 25.0 Å². The average Bonchev–Trinajstić information content (AvgIpc) is 2.78. The number of allylic oxidation sites excluding steroid dienone is 3. The predicted molar refractivity (Wildman–Crippen MR) is 122 cm³/mol. The molecule has 0 amide bonds. The Morgan fingerprint density at radius 2 is 1.29 bits per heavy atom. The zero-order valence-corrected chi connectivity index (χ0v) is 18.3. The van der Waals surface area contributed by atoms with E-state index < -0.39 is 0 Å². The summed E-state index contributed by atoms with van der Waals surface area (Å²) in [6.45, 7) is 4.86. The number of aliphatic hydroxyl groups is 1. The fourth-order valence-corrected chi connectivity index (χ4v) is 2.73. The number of carbonyl (C=O) groups excluding carboxylic acids is 1. The molecule has 2 aromatic rings. The van der Waals surface area contributed by atoms with Crippen molar-refractivity contribution in [3.63, 3.8) is 0 Å². The van der Waals surface area contributed by atoms with Crippen molar-refractivity contribution >= 4 is 17.9 Å². The Kier molecular flexibility index (Phi) is 9.23. The van der Waals surface area contributed by atoms with Crippen molar-refractivity contribution in [1.29, 1.82) is 0 Å². The molecule has 0 unspecified atom stereocenters. The maximum atomic E-state index is 12.1. The number of carbonyl (C=O) groups is 1. The predicted octanol–water partition coefficient (Wildman–Crippen LogP) is 5.24. The monoisotopic (exact) mass is 424 g/mol. The first-order chi connectivity index (χ1) is 15.0. The van der Waals surface area contributed by atoms with Gasteiger partial charge in [0.15, 0.2) is 28.8 Å². The zero-order valence-electron chi connectivity index (χ0n) is 18.3. The normalized spacial score (nSPS) is 11.7. The van der Waals surface area contributed by atoms with E-state index in [1.165, 1.54) is 12.2 Å². The van der Waals surface area contributed by atoms with E-state index in [9.17, 15) is 9.90 Å². The lowest BCUT2D eigenvalue weighted by atomic mass is 10.1. The Hall–Kier alpha value is -3.67. The number of hydrogen-bond donors (Lipinski definition) is 1. The van der Waals surface area contributed by atoms with Gasteiger partial charge in [0.1, 0.15) is 5.76 Å². The van der Waals surface area contributed by atoms with Crippen molar-refractivity contribution in [2.75, 3.05) is 27.4 Å². The Labute approximate surface area is 183 Å². The summed E-state index contributed by atoms with van der Waals surface area (Å²) in [6, 6.07) is 10.8. The molecule has 0 saturated carbocycles. The molecule has 0 radical (unpaired) electrons. The van der Waals surface area contributed by atoms with Crippen LogP contribution in [0.3, 0.4) is 0 Å². The smallest absolute Gasteiger partial charge is 0.182 e. The second-order valence-electron chi connectivity index (χ2n) is 6.32. The van der Waals surface area contributed by atoms with Crippen molar-refractivity contribution in [2.24, 2.45) is 0 Å². The number of benzene rings is 2. The van der Waals surface area contributed by atoms with Gasteiger partial charge in [-0.25, -0.2) is 0 Å². The van der Waals surface area contributed by atoms with E-state index in [2.05, 4.69) is 0 Å². The summed E-state index contributed by atoms with van der Waals surface area (Å²) >= 11 is 0. The standard InChI is InChI=1S/C25H28O6/c1-5-30-22-13-9-18(15-24(22)28-3)7-11-20(26)17-21(27)12-8-19-10-14-23(31-6-2)25(16-19)29-4/h7-17,26H,5-6H2,1-4H3/b11-7+,12-8+,20-17-. The lowest BCUT2D eigenvalue weighted by molar-refractivity contribution is -0.110. The molecule has 0 saturated heterocycles. The molecule has 0 atom stereocenters. The van der Waals surface area contributed by atoms with E-state index in [-0.39, 0.29) is 11.5 Å². The van der Waals surface area contributed by atoms with Gasteiger partial charge in [-0.2, -0.15) is 0 Å². The van der Waals surface area contributed by atoms with Crippen LogP contribution >= 0.6 is 0 Å². The molecule has 0 bridgehead atoms. The van der Waals surface area contributed by atoms with Gasteiger partial charge in [-0.1, -0.05) is 24.3 Å². The van der Waals surface area contributed by atoms with Crippen LogP contribution in [-0.2, 0) is 4.79 Å². The van der Waals surface area contributed by atoms with Gasteiger partial charge in [-0.3, -0.25) is 4.79 Å². The molecule has 164 valence electrons. The van der Waals surface area contributed by atoms with Gasteiger partial charge >= 0.3 is 0 Å². The van der Waals surface area contributed by atoms with Crippen LogP contribution < -0.4 is 18.9 Å². The summed E-state index contributed by atoms with van der Waals surface area (Å²) < 4.78 is 21.6. The molecule has 0 aliphatic carbocycles. The molecule has 1 N–H and O–H groups in total. The fourth-order valence-electron chi connectivity index (χ4n) is 2.73. The number of aliphatic hydroxyl groups excluding tert-OH is 1. The van der Waals surface area contributed by atoms with Crippen LogP contribution in [-0.4, -0.2) is 38.3 Å². The van der Waals surface area contributed by atoms with E-state index in [1.54, 1.807) is 50.6 Å². The van der Waals surface area contributed by atoms with Gasteiger partial charge < -0.3 is 24.1 Å². The van der Waals surface area contributed by atoms with E-state index >= 15 is 0 Å². The highest BCUT2D eigenvalue weighted by Gasteiger charge is 2.05. The van der Waals surface area contributed by atoms with Gasteiger partial charge in [0.2, 0.25) is 0 Å². The number of ether oxygens (including phenoxy) is 4. The average molecular weight is 424 g/mol. The van der Waals surface area contributed by atoms with Crippen molar-refractivity contribution in [2.45, 2.75) is 13.8 Å². The van der Waals surface area contributed by atoms with Crippen molar-refractivity contribution < 1.29 is 28.8 Å². The Morgan fingerprint density at radius 3 is 1.74 bits per heavy atom. The molecule has 0 heterocycles. The summed E-state index contributed by atoms with van der Waals surface area (Å²) in [5.41, 5.74) is 1.57. The summed E-state index contributed by atoms with van der Waals surface area (Å²) in [6.07, 6.45) is 7.29. The molecule has 2 aromatic carbocycles. The Bertz CT molecular complexity index is 972. The molecular weight excluding hydrogens is 396 g/mol. The lowest BCUT2D eigenvalue weighted by Gasteiger charge is -2.09. The van der Waals surface area contributed by atoms with Gasteiger partial charge in [-0.05, 0) is 61.4 Å². The summed E-state index contributed by atoms with van der Waals surface area (Å²) in [5, 5.41) is 10.0. The lowest BCUT2D eigenvalue weighted by Crippen LogP contribution is -1.95. The minimum absolute atomic E-state index is 0.160. The Balaban J connectivity index is 2.06. The third kappa shape index (κ3) is 7.26. The van der Waals surface area contributed by atoms with Crippen LogP contribution in [0.5, 0.6) is 23.0 Å². The summed E-state index contributed by atoms with van der Waals surface area (Å²) in [5.74, 6) is 1.96. The van der Waals surface area contributed by atoms with Crippen molar-refractivity contribution in [1.82, 2.24) is 0 Å². The number of methoxy groups -OCH3 is 2. The highest BCUT2D eigenvalue weighted by molar-refractivity contribution is 6.02. The highest BCUT2D eigenvalue weighted by atomic mass is 16.5. The summed E-state index contributed by atoms with van der Waals surface area (Å²) in [7, 11) is 3.12. The third-order valence-corrected chi connectivity index (χ3v) is 4.15. The Morgan fingerprint density at radius 1 is 0.806 bits per heavy atom. The van der Waals surface area contributed by atoms with Gasteiger partial charge in [0.25, 0.3) is 0 Å². The molecule has 6 nitrogen and oxygen atoms in total. The van der Waals surface area contributed by atoms with Crippen LogP contribution in [0.2, 0.25) is 0 Å². The molecule has 0 aliphatic rings. The molecule has 0 spiro atoms. The molecule has 2 rings (SSSR count). The first kappa shape index (κ1) is 23.6. The molecule has 6 heteroatoms. The first-order valence-electron chi connectivity index (χ1n) is 9.93. The molecule has 0 fully saturated rings. The quantitative estimate of drug-likeness (QED) is 0.302. The van der Waals surface area contributed by atoms with Crippen LogP contribution in [0.15, 0.2) is 60.4 Å². The molecular formula is C25H28O6. The molecule has 0 aliphatic heterocycles. The number of ketones is 1. The van der Waals surface area contributed by atoms with E-state index in [0.29, 0.717) is 36.2 Å². The topological polar surface area (TPSA) is 74.2 Å². The minimum Gasteiger partial charge on any atom is -0.508 e. The van der Waals surface area contributed by atoms with Crippen molar-refractivity contribution in [3.8, 4) is 23.0 Å².